The molecule has 1 aromatic heterocycles. The molecule has 0 radical (unpaired) electrons. The first kappa shape index (κ1) is 17.5. The van der Waals surface area contributed by atoms with Gasteiger partial charge in [-0.15, -0.1) is 11.3 Å². The predicted octanol–water partition coefficient (Wildman–Crippen LogP) is 2.85. The van der Waals surface area contributed by atoms with Gasteiger partial charge in [-0.2, -0.15) is 0 Å². The number of rotatable bonds is 3. The van der Waals surface area contributed by atoms with E-state index < -0.39 is 10.0 Å². The number of aryl methyl sites for hydroxylation is 2. The van der Waals surface area contributed by atoms with E-state index in [2.05, 4.69) is 21.9 Å². The van der Waals surface area contributed by atoms with E-state index in [1.54, 1.807) is 23.6 Å². The molecule has 25 heavy (non-hydrogen) atoms. The van der Waals surface area contributed by atoms with Crippen LogP contribution < -0.4 is 15.4 Å². The minimum atomic E-state index is -3.68. The lowest BCUT2D eigenvalue weighted by Crippen LogP contribution is -2.28. The lowest BCUT2D eigenvalue weighted by molar-refractivity contribution is -0.117. The Morgan fingerprint density at radius 3 is 2.84 bits per heavy atom. The SMILES string of the molecule is C=C1Nc2c(cc(C)cc2NS(=O)(=O)c2cccs2)CCCNC1=O. The molecule has 8 heteroatoms. The highest BCUT2D eigenvalue weighted by Crippen LogP contribution is 2.33. The van der Waals surface area contributed by atoms with Gasteiger partial charge >= 0.3 is 0 Å². The van der Waals surface area contributed by atoms with Crippen molar-refractivity contribution in [1.82, 2.24) is 5.32 Å². The summed E-state index contributed by atoms with van der Waals surface area (Å²) in [7, 11) is -3.68. The molecule has 2 heterocycles. The van der Waals surface area contributed by atoms with Crippen molar-refractivity contribution < 1.29 is 13.2 Å². The molecule has 1 aliphatic rings. The van der Waals surface area contributed by atoms with E-state index >= 15 is 0 Å². The first-order chi connectivity index (χ1) is 11.9. The van der Waals surface area contributed by atoms with Gasteiger partial charge in [-0.05, 0) is 48.4 Å². The number of hydrogen-bond acceptors (Lipinski definition) is 5. The Balaban J connectivity index is 2.05. The van der Waals surface area contributed by atoms with Crippen molar-refractivity contribution in [2.45, 2.75) is 24.0 Å². The maximum absolute atomic E-state index is 12.6. The van der Waals surface area contributed by atoms with Crippen LogP contribution in [0.2, 0.25) is 0 Å². The molecule has 1 aliphatic heterocycles. The minimum Gasteiger partial charge on any atom is -0.351 e. The molecule has 0 unspecified atom stereocenters. The summed E-state index contributed by atoms with van der Waals surface area (Å²) in [6.45, 7) is 6.20. The smallest absolute Gasteiger partial charge is 0.271 e. The van der Waals surface area contributed by atoms with Crippen molar-refractivity contribution >= 4 is 38.6 Å². The van der Waals surface area contributed by atoms with Crippen LogP contribution in [-0.4, -0.2) is 20.9 Å². The van der Waals surface area contributed by atoms with Crippen molar-refractivity contribution in [2.24, 2.45) is 0 Å². The van der Waals surface area contributed by atoms with E-state index in [-0.39, 0.29) is 15.8 Å². The van der Waals surface area contributed by atoms with Crippen LogP contribution in [0.15, 0.2) is 46.1 Å². The first-order valence-corrected chi connectivity index (χ1v) is 10.2. The first-order valence-electron chi connectivity index (χ1n) is 7.81. The fraction of sp³-hybridized carbons (Fsp3) is 0.235. The number of sulfonamides is 1. The summed E-state index contributed by atoms with van der Waals surface area (Å²) in [4.78, 5) is 12.0. The number of carbonyl (C=O) groups excluding carboxylic acids is 1. The van der Waals surface area contributed by atoms with Crippen molar-refractivity contribution in [2.75, 3.05) is 16.6 Å². The lowest BCUT2D eigenvalue weighted by Gasteiger charge is -2.18. The van der Waals surface area contributed by atoms with Crippen LogP contribution in [-0.2, 0) is 21.2 Å². The van der Waals surface area contributed by atoms with Crippen LogP contribution in [0.1, 0.15) is 17.5 Å². The summed E-state index contributed by atoms with van der Waals surface area (Å²) >= 11 is 1.15. The zero-order chi connectivity index (χ0) is 18.0. The fourth-order valence-electron chi connectivity index (χ4n) is 2.69. The van der Waals surface area contributed by atoms with Crippen LogP contribution in [0.5, 0.6) is 0 Å². The topological polar surface area (TPSA) is 87.3 Å². The maximum Gasteiger partial charge on any atom is 0.271 e. The molecule has 3 N–H and O–H groups in total. The molecule has 0 spiro atoms. The van der Waals surface area contributed by atoms with Crippen molar-refractivity contribution in [1.29, 1.82) is 0 Å². The second-order valence-electron chi connectivity index (χ2n) is 5.85. The second kappa shape index (κ2) is 6.89. The molecule has 2 aromatic rings. The number of amides is 1. The standard InChI is InChI=1S/C17H19N3O3S2/c1-11-9-13-5-3-7-18-17(21)12(2)19-16(13)14(10-11)20-25(22,23)15-6-4-8-24-15/h4,6,8-10,19-20H,2-3,5,7H2,1H3,(H,18,21). The van der Waals surface area contributed by atoms with Crippen molar-refractivity contribution in [3.63, 3.8) is 0 Å². The molecular formula is C17H19N3O3S2. The quantitative estimate of drug-likeness (QED) is 0.718. The minimum absolute atomic E-state index is 0.184. The Hall–Kier alpha value is -2.32. The molecule has 1 amide bonds. The highest BCUT2D eigenvalue weighted by atomic mass is 32.2. The Labute approximate surface area is 151 Å². The molecule has 6 nitrogen and oxygen atoms in total. The van der Waals surface area contributed by atoms with Gasteiger partial charge in [0.05, 0.1) is 17.1 Å². The van der Waals surface area contributed by atoms with E-state index in [0.717, 1.165) is 28.9 Å². The van der Waals surface area contributed by atoms with Crippen molar-refractivity contribution in [3.8, 4) is 0 Å². The van der Waals surface area contributed by atoms with Gasteiger partial charge in [-0.3, -0.25) is 9.52 Å². The van der Waals surface area contributed by atoms with E-state index in [4.69, 9.17) is 0 Å². The van der Waals surface area contributed by atoms with Crippen LogP contribution in [0.3, 0.4) is 0 Å². The molecular weight excluding hydrogens is 358 g/mol. The van der Waals surface area contributed by atoms with Gasteiger partial charge in [0.15, 0.2) is 0 Å². The lowest BCUT2D eigenvalue weighted by atomic mass is 10.0. The predicted molar refractivity (Wildman–Crippen MR) is 100 cm³/mol. The zero-order valence-electron chi connectivity index (χ0n) is 13.8. The molecule has 0 aliphatic carbocycles. The van der Waals surface area contributed by atoms with Crippen LogP contribution in [0.25, 0.3) is 0 Å². The normalized spacial score (nSPS) is 15.2. The molecule has 0 bridgehead atoms. The Morgan fingerprint density at radius 1 is 1.32 bits per heavy atom. The summed E-state index contributed by atoms with van der Waals surface area (Å²) in [5.74, 6) is -0.291. The molecule has 0 fully saturated rings. The van der Waals surface area contributed by atoms with Gasteiger partial charge in [0.1, 0.15) is 4.21 Å². The monoisotopic (exact) mass is 377 g/mol. The number of fused-ring (bicyclic) bond motifs is 1. The van der Waals surface area contributed by atoms with Crippen LogP contribution >= 0.6 is 11.3 Å². The van der Waals surface area contributed by atoms with Gasteiger partial charge in [-0.1, -0.05) is 18.7 Å². The Kier molecular flexibility index (Phi) is 4.82. The van der Waals surface area contributed by atoms with Gasteiger partial charge in [-0.25, -0.2) is 8.42 Å². The van der Waals surface area contributed by atoms with E-state index in [1.165, 1.54) is 0 Å². The molecule has 3 rings (SSSR count). The number of thiophene rings is 1. The number of benzene rings is 1. The third kappa shape index (κ3) is 3.85. The summed E-state index contributed by atoms with van der Waals surface area (Å²) in [6, 6.07) is 6.99. The summed E-state index contributed by atoms with van der Waals surface area (Å²) in [5, 5.41) is 7.47. The molecule has 1 aromatic carbocycles. The second-order valence-corrected chi connectivity index (χ2v) is 8.70. The molecule has 0 saturated carbocycles. The number of nitrogens with one attached hydrogen (secondary N) is 3. The summed E-state index contributed by atoms with van der Waals surface area (Å²) < 4.78 is 28.1. The Morgan fingerprint density at radius 2 is 2.12 bits per heavy atom. The van der Waals surface area contributed by atoms with Crippen LogP contribution in [0, 0.1) is 6.92 Å². The summed E-state index contributed by atoms with van der Waals surface area (Å²) in [6.07, 6.45) is 1.47. The Bertz CT molecular complexity index is 919. The van der Waals surface area contributed by atoms with Crippen LogP contribution in [0.4, 0.5) is 11.4 Å². The average molecular weight is 377 g/mol. The average Bonchev–Trinajstić information content (AvgIpc) is 3.09. The number of anilines is 2. The zero-order valence-corrected chi connectivity index (χ0v) is 15.4. The van der Waals surface area contributed by atoms with E-state index in [1.807, 2.05) is 13.0 Å². The van der Waals surface area contributed by atoms with E-state index in [0.29, 0.717) is 24.3 Å². The highest BCUT2D eigenvalue weighted by molar-refractivity contribution is 7.94. The van der Waals surface area contributed by atoms with Gasteiger partial charge in [0.2, 0.25) is 0 Å². The molecule has 132 valence electrons. The summed E-state index contributed by atoms with van der Waals surface area (Å²) in [5.41, 5.74) is 3.06. The number of hydrogen-bond donors (Lipinski definition) is 3. The third-order valence-corrected chi connectivity index (χ3v) is 6.59. The van der Waals surface area contributed by atoms with E-state index in [9.17, 15) is 13.2 Å². The van der Waals surface area contributed by atoms with Crippen molar-refractivity contribution in [3.05, 3.63) is 53.0 Å². The van der Waals surface area contributed by atoms with Gasteiger partial charge in [0, 0.05) is 6.54 Å². The highest BCUT2D eigenvalue weighted by Gasteiger charge is 2.21. The number of carbonyl (C=O) groups is 1. The van der Waals surface area contributed by atoms with Gasteiger partial charge < -0.3 is 10.6 Å². The maximum atomic E-state index is 12.6. The molecule has 0 atom stereocenters. The fourth-order valence-corrected chi connectivity index (χ4v) is 4.75. The molecule has 0 saturated heterocycles. The largest absolute Gasteiger partial charge is 0.351 e. The van der Waals surface area contributed by atoms with Gasteiger partial charge in [0.25, 0.3) is 15.9 Å². The third-order valence-electron chi connectivity index (χ3n) is 3.83.